The molecule has 0 spiro atoms. The van der Waals surface area contributed by atoms with Crippen LogP contribution in [0.3, 0.4) is 0 Å². The third-order valence-corrected chi connectivity index (χ3v) is 2.91. The minimum atomic E-state index is -0.0172. The van der Waals surface area contributed by atoms with E-state index in [0.717, 1.165) is 12.8 Å². The van der Waals surface area contributed by atoms with Gasteiger partial charge in [-0.25, -0.2) is 0 Å². The highest BCUT2D eigenvalue weighted by atomic mass is 16.6. The van der Waals surface area contributed by atoms with Crippen LogP contribution in [0.1, 0.15) is 23.2 Å². The van der Waals surface area contributed by atoms with Crippen LogP contribution < -0.4 is 5.32 Å². The number of nitrogens with one attached hydrogen (secondary N) is 1. The number of amides is 1. The van der Waals surface area contributed by atoms with Gasteiger partial charge in [-0.3, -0.25) is 4.79 Å². The Kier molecular flexibility index (Phi) is 5.17. The number of carbonyl (C=O) groups excluding carboxylic acids is 1. The summed E-state index contributed by atoms with van der Waals surface area (Å²) in [6, 6.07) is 9.25. The molecule has 0 aromatic heterocycles. The quantitative estimate of drug-likeness (QED) is 0.806. The van der Waals surface area contributed by atoms with Crippen LogP contribution in [0.15, 0.2) is 30.3 Å². The number of carbonyl (C=O) groups is 1. The third kappa shape index (κ3) is 4.13. The fourth-order valence-corrected chi connectivity index (χ4v) is 1.93. The molecule has 98 valence electrons. The van der Waals surface area contributed by atoms with Gasteiger partial charge in [0.25, 0.3) is 5.91 Å². The van der Waals surface area contributed by atoms with Crippen LogP contribution in [0.4, 0.5) is 0 Å². The Morgan fingerprint density at radius 1 is 1.28 bits per heavy atom. The van der Waals surface area contributed by atoms with Crippen molar-refractivity contribution in [1.29, 1.82) is 0 Å². The number of rotatable bonds is 5. The van der Waals surface area contributed by atoms with Crippen molar-refractivity contribution in [3.05, 3.63) is 35.9 Å². The molecule has 1 N–H and O–H groups in total. The lowest BCUT2D eigenvalue weighted by molar-refractivity contribution is -0.0909. The molecule has 1 aromatic carbocycles. The Morgan fingerprint density at radius 3 is 2.83 bits per heavy atom. The molecule has 1 aliphatic heterocycles. The van der Waals surface area contributed by atoms with Crippen molar-refractivity contribution < 1.29 is 14.3 Å². The highest BCUT2D eigenvalue weighted by Gasteiger charge is 2.13. The van der Waals surface area contributed by atoms with Crippen molar-refractivity contribution >= 4 is 5.91 Å². The third-order valence-electron chi connectivity index (χ3n) is 2.91. The summed E-state index contributed by atoms with van der Waals surface area (Å²) >= 11 is 0. The first-order valence-corrected chi connectivity index (χ1v) is 6.39. The van der Waals surface area contributed by atoms with Crippen LogP contribution in [0, 0.1) is 0 Å². The summed E-state index contributed by atoms with van der Waals surface area (Å²) in [6.45, 7) is 2.72. The Balaban J connectivity index is 1.62. The van der Waals surface area contributed by atoms with Crippen molar-refractivity contribution in [2.75, 3.05) is 26.4 Å². The van der Waals surface area contributed by atoms with Crippen LogP contribution in [-0.2, 0) is 9.47 Å². The molecule has 0 aliphatic carbocycles. The van der Waals surface area contributed by atoms with Crippen LogP contribution in [0.5, 0.6) is 0 Å². The number of hydrogen-bond acceptors (Lipinski definition) is 3. The van der Waals surface area contributed by atoms with Gasteiger partial charge < -0.3 is 14.8 Å². The normalized spacial score (nSPS) is 19.4. The van der Waals surface area contributed by atoms with Crippen molar-refractivity contribution in [2.24, 2.45) is 0 Å². The van der Waals surface area contributed by atoms with E-state index in [0.29, 0.717) is 31.9 Å². The molecule has 1 unspecified atom stereocenters. The van der Waals surface area contributed by atoms with Crippen molar-refractivity contribution in [3.63, 3.8) is 0 Å². The molecule has 4 heteroatoms. The number of ether oxygens (including phenoxy) is 2. The molecule has 1 atom stereocenters. The van der Waals surface area contributed by atoms with Gasteiger partial charge >= 0.3 is 0 Å². The molecule has 1 amide bonds. The Hall–Kier alpha value is -1.39. The van der Waals surface area contributed by atoms with E-state index in [1.807, 2.05) is 30.3 Å². The molecule has 1 aliphatic rings. The van der Waals surface area contributed by atoms with E-state index in [-0.39, 0.29) is 12.0 Å². The first-order valence-electron chi connectivity index (χ1n) is 6.39. The maximum Gasteiger partial charge on any atom is 0.251 e. The van der Waals surface area contributed by atoms with E-state index in [9.17, 15) is 4.79 Å². The fraction of sp³-hybridized carbons (Fsp3) is 0.500. The van der Waals surface area contributed by atoms with Crippen molar-refractivity contribution in [2.45, 2.75) is 18.9 Å². The largest absolute Gasteiger partial charge is 0.376 e. The van der Waals surface area contributed by atoms with Gasteiger partial charge in [-0.05, 0) is 25.0 Å². The molecule has 18 heavy (non-hydrogen) atoms. The summed E-state index contributed by atoms with van der Waals surface area (Å²) in [5.41, 5.74) is 0.703. The minimum absolute atomic E-state index is 0.0172. The molecule has 2 rings (SSSR count). The smallest absolute Gasteiger partial charge is 0.251 e. The Morgan fingerprint density at radius 2 is 2.11 bits per heavy atom. The average molecular weight is 249 g/mol. The SMILES string of the molecule is O=C(NCCCC1COCCO1)c1ccccc1. The van der Waals surface area contributed by atoms with Gasteiger partial charge in [0.05, 0.1) is 25.9 Å². The van der Waals surface area contributed by atoms with E-state index in [4.69, 9.17) is 9.47 Å². The lowest BCUT2D eigenvalue weighted by Crippen LogP contribution is -2.30. The predicted molar refractivity (Wildman–Crippen MR) is 68.6 cm³/mol. The van der Waals surface area contributed by atoms with Crippen LogP contribution in [0.25, 0.3) is 0 Å². The second-order valence-electron chi connectivity index (χ2n) is 4.33. The van der Waals surface area contributed by atoms with Crippen LogP contribution in [0.2, 0.25) is 0 Å². The zero-order chi connectivity index (χ0) is 12.6. The molecule has 1 aromatic rings. The van der Waals surface area contributed by atoms with Gasteiger partial charge in [0.2, 0.25) is 0 Å². The fourth-order valence-electron chi connectivity index (χ4n) is 1.93. The highest BCUT2D eigenvalue weighted by Crippen LogP contribution is 2.07. The monoisotopic (exact) mass is 249 g/mol. The number of hydrogen-bond donors (Lipinski definition) is 1. The predicted octanol–water partition coefficient (Wildman–Crippen LogP) is 1.61. The summed E-state index contributed by atoms with van der Waals surface area (Å²) in [6.07, 6.45) is 2.02. The maximum absolute atomic E-state index is 11.7. The van der Waals surface area contributed by atoms with E-state index >= 15 is 0 Å². The molecule has 0 saturated carbocycles. The average Bonchev–Trinajstić information content (AvgIpc) is 2.45. The second-order valence-corrected chi connectivity index (χ2v) is 4.33. The zero-order valence-electron chi connectivity index (χ0n) is 10.4. The zero-order valence-corrected chi connectivity index (χ0v) is 10.4. The summed E-state index contributed by atoms with van der Waals surface area (Å²) < 4.78 is 10.8. The molecule has 1 saturated heterocycles. The van der Waals surface area contributed by atoms with Gasteiger partial charge in [-0.1, -0.05) is 18.2 Å². The number of benzene rings is 1. The van der Waals surface area contributed by atoms with Crippen molar-refractivity contribution in [3.8, 4) is 0 Å². The van der Waals surface area contributed by atoms with Gasteiger partial charge in [0.1, 0.15) is 0 Å². The van der Waals surface area contributed by atoms with Crippen LogP contribution >= 0.6 is 0 Å². The van der Waals surface area contributed by atoms with Gasteiger partial charge in [-0.15, -0.1) is 0 Å². The lowest BCUT2D eigenvalue weighted by Gasteiger charge is -2.22. The second kappa shape index (κ2) is 7.13. The minimum Gasteiger partial charge on any atom is -0.376 e. The van der Waals surface area contributed by atoms with E-state index in [1.165, 1.54) is 0 Å². The highest BCUT2D eigenvalue weighted by molar-refractivity contribution is 5.94. The summed E-state index contributed by atoms with van der Waals surface area (Å²) in [7, 11) is 0. The first kappa shape index (κ1) is 13.1. The van der Waals surface area contributed by atoms with Gasteiger partial charge in [0, 0.05) is 12.1 Å². The molecule has 0 bridgehead atoms. The first-order chi connectivity index (χ1) is 8.86. The van der Waals surface area contributed by atoms with E-state index in [1.54, 1.807) is 0 Å². The summed E-state index contributed by atoms with van der Waals surface area (Å²) in [4.78, 5) is 11.7. The Labute approximate surface area is 107 Å². The molecule has 0 radical (unpaired) electrons. The standard InChI is InChI=1S/C14H19NO3/c16-14(12-5-2-1-3-6-12)15-8-4-7-13-11-17-9-10-18-13/h1-3,5-6,13H,4,7-11H2,(H,15,16). The van der Waals surface area contributed by atoms with E-state index < -0.39 is 0 Å². The molecule has 4 nitrogen and oxygen atoms in total. The topological polar surface area (TPSA) is 47.6 Å². The maximum atomic E-state index is 11.7. The van der Waals surface area contributed by atoms with Gasteiger partial charge in [0.15, 0.2) is 0 Å². The van der Waals surface area contributed by atoms with Crippen LogP contribution in [-0.4, -0.2) is 38.4 Å². The molecule has 1 heterocycles. The summed E-state index contributed by atoms with van der Waals surface area (Å²) in [5.74, 6) is -0.0172. The lowest BCUT2D eigenvalue weighted by atomic mass is 10.2. The van der Waals surface area contributed by atoms with Gasteiger partial charge in [-0.2, -0.15) is 0 Å². The van der Waals surface area contributed by atoms with Crippen molar-refractivity contribution in [1.82, 2.24) is 5.32 Å². The van der Waals surface area contributed by atoms with E-state index in [2.05, 4.69) is 5.32 Å². The molecular formula is C14H19NO3. The summed E-state index contributed by atoms with van der Waals surface area (Å²) in [5, 5.41) is 2.90. The molecule has 1 fully saturated rings. The Bertz CT molecular complexity index is 361. The molecular weight excluding hydrogens is 230 g/mol.